The van der Waals surface area contributed by atoms with Gasteiger partial charge in [-0.2, -0.15) is 0 Å². The Morgan fingerprint density at radius 2 is 2.00 bits per heavy atom. The van der Waals surface area contributed by atoms with E-state index < -0.39 is 17.8 Å². The molecule has 130 valence electrons. The van der Waals surface area contributed by atoms with Crippen LogP contribution >= 0.6 is 0 Å². The summed E-state index contributed by atoms with van der Waals surface area (Å²) < 4.78 is 12.0. The van der Waals surface area contributed by atoms with Crippen LogP contribution in [0.25, 0.3) is 0 Å². The number of aliphatic hydroxyl groups excluding tert-OH is 1. The minimum Gasteiger partial charge on any atom is -0.456 e. The molecule has 25 heavy (non-hydrogen) atoms. The highest BCUT2D eigenvalue weighted by Gasteiger charge is 2.72. The molecule has 0 aromatic heterocycles. The SMILES string of the molecule is CO[C@@]12Oc3cc(C(C)C)ccc3[C@]1(CO)C(=O)c1c(N)cccc12. The number of hydrogen-bond donors (Lipinski definition) is 2. The lowest BCUT2D eigenvalue weighted by Crippen LogP contribution is -2.52. The third-order valence-corrected chi connectivity index (χ3v) is 5.54. The second kappa shape index (κ2) is 5.07. The summed E-state index contributed by atoms with van der Waals surface area (Å²) in [4.78, 5) is 13.4. The maximum atomic E-state index is 13.4. The first-order valence-electron chi connectivity index (χ1n) is 8.36. The Morgan fingerprint density at radius 3 is 2.64 bits per heavy atom. The first kappa shape index (κ1) is 16.1. The zero-order valence-corrected chi connectivity index (χ0v) is 14.5. The van der Waals surface area contributed by atoms with Crippen LogP contribution in [0.2, 0.25) is 0 Å². The average Bonchev–Trinajstić information content (AvgIpc) is 3.01. The fraction of sp³-hybridized carbons (Fsp3) is 0.350. The van der Waals surface area contributed by atoms with Crippen molar-refractivity contribution in [1.82, 2.24) is 0 Å². The van der Waals surface area contributed by atoms with Crippen LogP contribution in [0.15, 0.2) is 36.4 Å². The first-order chi connectivity index (χ1) is 11.9. The molecule has 0 spiro atoms. The number of hydrogen-bond acceptors (Lipinski definition) is 5. The van der Waals surface area contributed by atoms with E-state index in [4.69, 9.17) is 15.2 Å². The summed E-state index contributed by atoms with van der Waals surface area (Å²) in [5.74, 6) is -0.775. The third kappa shape index (κ3) is 1.67. The van der Waals surface area contributed by atoms with Gasteiger partial charge in [0.2, 0.25) is 0 Å². The van der Waals surface area contributed by atoms with Crippen molar-refractivity contribution in [2.45, 2.75) is 31.0 Å². The van der Waals surface area contributed by atoms with Gasteiger partial charge in [-0.3, -0.25) is 4.79 Å². The lowest BCUT2D eigenvalue weighted by atomic mass is 9.74. The number of carbonyl (C=O) groups excluding carboxylic acids is 1. The molecule has 3 N–H and O–H groups in total. The average molecular weight is 339 g/mol. The van der Waals surface area contributed by atoms with Gasteiger partial charge in [-0.1, -0.05) is 38.1 Å². The van der Waals surface area contributed by atoms with Crippen molar-refractivity contribution in [1.29, 1.82) is 0 Å². The maximum Gasteiger partial charge on any atom is 0.257 e. The monoisotopic (exact) mass is 339 g/mol. The van der Waals surface area contributed by atoms with E-state index in [1.807, 2.05) is 18.2 Å². The number of ketones is 1. The molecule has 2 atom stereocenters. The maximum absolute atomic E-state index is 13.4. The second-order valence-electron chi connectivity index (χ2n) is 7.00. The van der Waals surface area contributed by atoms with Crippen molar-refractivity contribution >= 4 is 11.5 Å². The minimum absolute atomic E-state index is 0.263. The standard InChI is InChI=1S/C20H21NO4/c1-11(2)12-7-8-13-16(9-12)25-20(24-3)14-5-4-6-15(21)17(14)18(23)19(13,20)10-22/h4-9,11,22H,10,21H2,1-3H3/t19-,20+/m1/s1. The van der Waals surface area contributed by atoms with Crippen molar-refractivity contribution < 1.29 is 19.4 Å². The van der Waals surface area contributed by atoms with Crippen molar-refractivity contribution in [2.75, 3.05) is 19.5 Å². The molecule has 2 aromatic rings. The quantitative estimate of drug-likeness (QED) is 0.840. The lowest BCUT2D eigenvalue weighted by molar-refractivity contribution is -0.195. The smallest absolute Gasteiger partial charge is 0.257 e. The largest absolute Gasteiger partial charge is 0.456 e. The Morgan fingerprint density at radius 1 is 1.24 bits per heavy atom. The summed E-state index contributed by atoms with van der Waals surface area (Å²) in [6, 6.07) is 11.0. The molecule has 0 fully saturated rings. The van der Waals surface area contributed by atoms with Crippen molar-refractivity contribution in [2.24, 2.45) is 0 Å². The number of ether oxygens (including phenoxy) is 2. The molecule has 5 heteroatoms. The van der Waals surface area contributed by atoms with Gasteiger partial charge in [-0.15, -0.1) is 0 Å². The van der Waals surface area contributed by atoms with E-state index >= 15 is 0 Å². The normalized spacial score (nSPS) is 26.4. The molecule has 0 unspecified atom stereocenters. The number of rotatable bonds is 3. The van der Waals surface area contributed by atoms with E-state index in [1.165, 1.54) is 7.11 Å². The van der Waals surface area contributed by atoms with Crippen LogP contribution in [0.5, 0.6) is 5.75 Å². The van der Waals surface area contributed by atoms with Gasteiger partial charge in [-0.25, -0.2) is 0 Å². The summed E-state index contributed by atoms with van der Waals surface area (Å²) >= 11 is 0. The highest BCUT2D eigenvalue weighted by atomic mass is 16.7. The van der Waals surface area contributed by atoms with Crippen molar-refractivity contribution in [3.63, 3.8) is 0 Å². The first-order valence-corrected chi connectivity index (χ1v) is 8.36. The molecule has 4 rings (SSSR count). The molecular formula is C20H21NO4. The summed E-state index contributed by atoms with van der Waals surface area (Å²) in [6.45, 7) is 3.75. The Labute approximate surface area is 146 Å². The van der Waals surface area contributed by atoms with Crippen LogP contribution in [0.1, 0.15) is 46.8 Å². The van der Waals surface area contributed by atoms with Gasteiger partial charge in [0.15, 0.2) is 11.2 Å². The fourth-order valence-electron chi connectivity index (χ4n) is 4.21. The summed E-state index contributed by atoms with van der Waals surface area (Å²) in [5.41, 5.74) is 7.76. The van der Waals surface area contributed by atoms with Gasteiger partial charge >= 0.3 is 0 Å². The Kier molecular flexibility index (Phi) is 3.27. The van der Waals surface area contributed by atoms with E-state index in [2.05, 4.69) is 13.8 Å². The number of anilines is 1. The number of carbonyl (C=O) groups is 1. The van der Waals surface area contributed by atoms with Crippen LogP contribution in [0.4, 0.5) is 5.69 Å². The van der Waals surface area contributed by atoms with Gasteiger partial charge < -0.3 is 20.3 Å². The highest BCUT2D eigenvalue weighted by Crippen LogP contribution is 2.61. The topological polar surface area (TPSA) is 81.8 Å². The lowest BCUT2D eigenvalue weighted by Gasteiger charge is -2.35. The summed E-state index contributed by atoms with van der Waals surface area (Å²) in [7, 11) is 1.49. The molecule has 2 aliphatic rings. The summed E-state index contributed by atoms with van der Waals surface area (Å²) in [5, 5.41) is 10.4. The van der Waals surface area contributed by atoms with E-state index in [1.54, 1.807) is 18.2 Å². The Hall–Kier alpha value is -2.37. The fourth-order valence-corrected chi connectivity index (χ4v) is 4.21. The molecule has 0 radical (unpaired) electrons. The van der Waals surface area contributed by atoms with Gasteiger partial charge in [0, 0.05) is 23.9 Å². The predicted molar refractivity (Wildman–Crippen MR) is 93.8 cm³/mol. The van der Waals surface area contributed by atoms with Gasteiger partial charge in [0.25, 0.3) is 5.79 Å². The van der Waals surface area contributed by atoms with Crippen LogP contribution in [0.3, 0.4) is 0 Å². The van der Waals surface area contributed by atoms with Crippen LogP contribution < -0.4 is 10.5 Å². The Bertz CT molecular complexity index is 891. The Balaban J connectivity index is 2.04. The van der Waals surface area contributed by atoms with Gasteiger partial charge in [-0.05, 0) is 23.6 Å². The molecule has 0 bridgehead atoms. The third-order valence-electron chi connectivity index (χ3n) is 5.54. The van der Waals surface area contributed by atoms with Crippen LogP contribution in [-0.4, -0.2) is 24.6 Å². The second-order valence-corrected chi connectivity index (χ2v) is 7.00. The van der Waals surface area contributed by atoms with E-state index in [-0.39, 0.29) is 5.78 Å². The van der Waals surface area contributed by atoms with E-state index in [9.17, 15) is 9.90 Å². The molecule has 0 saturated carbocycles. The summed E-state index contributed by atoms with van der Waals surface area (Å²) in [6.07, 6.45) is 0. The number of nitrogens with two attached hydrogens (primary N) is 1. The number of fused-ring (bicyclic) bond motifs is 5. The number of Topliss-reactive ketones (excluding diaryl/α,β-unsaturated/α-hetero) is 1. The molecule has 1 aliphatic carbocycles. The molecule has 0 saturated heterocycles. The van der Waals surface area contributed by atoms with Crippen LogP contribution in [0, 0.1) is 0 Å². The minimum atomic E-state index is -1.40. The van der Waals surface area contributed by atoms with Crippen molar-refractivity contribution in [3.8, 4) is 5.75 Å². The van der Waals surface area contributed by atoms with Crippen molar-refractivity contribution in [3.05, 3.63) is 58.7 Å². The molecule has 2 aromatic carbocycles. The number of benzene rings is 2. The molecule has 1 aliphatic heterocycles. The predicted octanol–water partition coefficient (Wildman–Crippen LogP) is 2.71. The molecule has 1 heterocycles. The number of methoxy groups -OCH3 is 1. The zero-order valence-electron chi connectivity index (χ0n) is 14.5. The van der Waals surface area contributed by atoms with Gasteiger partial charge in [0.1, 0.15) is 5.75 Å². The molecular weight excluding hydrogens is 318 g/mol. The number of nitrogen functional groups attached to an aromatic ring is 1. The molecule has 0 amide bonds. The highest BCUT2D eigenvalue weighted by molar-refractivity contribution is 6.14. The number of aliphatic hydroxyl groups is 1. The molecule has 5 nitrogen and oxygen atoms in total. The van der Waals surface area contributed by atoms with Gasteiger partial charge in [0.05, 0.1) is 12.2 Å². The van der Waals surface area contributed by atoms with Crippen LogP contribution in [-0.2, 0) is 15.9 Å². The van der Waals surface area contributed by atoms with E-state index in [0.29, 0.717) is 34.0 Å². The zero-order chi connectivity index (χ0) is 18.0. The van der Waals surface area contributed by atoms with E-state index in [0.717, 1.165) is 5.56 Å².